The summed E-state index contributed by atoms with van der Waals surface area (Å²) < 4.78 is 30.2. The van der Waals surface area contributed by atoms with Crippen molar-refractivity contribution >= 4 is 35.2 Å². The fourth-order valence-electron chi connectivity index (χ4n) is 3.54. The molecule has 0 fully saturated rings. The number of nitro benzene ring substituents is 1. The molecule has 3 aromatic carbocycles. The maximum Gasteiger partial charge on any atom is 0.363 e. The minimum absolute atomic E-state index is 0.0213. The van der Waals surface area contributed by atoms with E-state index >= 15 is 0 Å². The fraction of sp³-hybridized carbons (Fsp3) is 0.154. The van der Waals surface area contributed by atoms with Crippen molar-refractivity contribution in [3.8, 4) is 11.5 Å². The number of cyclic esters (lactones) is 1. The standard InChI is InChI=1S/C26H20ClFN2O6/c1-3-34-23-13-17(11-20(27)24(23)35-14-16-5-4-6-19(28)10-16)12-21-26(31)36-25(29-21)18-7-8-22(30(32)33)15(2)9-18/h4-13H,3,14H2,1-2H3/b21-12-. The van der Waals surface area contributed by atoms with Crippen molar-refractivity contribution in [2.45, 2.75) is 20.5 Å². The lowest BCUT2D eigenvalue weighted by atomic mass is 10.1. The third-order valence-corrected chi connectivity index (χ3v) is 5.45. The number of benzene rings is 3. The van der Waals surface area contributed by atoms with Gasteiger partial charge in [0.25, 0.3) is 5.69 Å². The summed E-state index contributed by atoms with van der Waals surface area (Å²) in [7, 11) is 0. The molecule has 4 rings (SSSR count). The molecule has 0 aromatic heterocycles. The lowest BCUT2D eigenvalue weighted by molar-refractivity contribution is -0.385. The van der Waals surface area contributed by atoms with Crippen LogP contribution in [-0.4, -0.2) is 23.4 Å². The summed E-state index contributed by atoms with van der Waals surface area (Å²) in [6.45, 7) is 3.79. The second-order valence-corrected chi connectivity index (χ2v) is 8.18. The molecule has 3 aromatic rings. The Balaban J connectivity index is 1.61. The lowest BCUT2D eigenvalue weighted by Gasteiger charge is -2.14. The molecule has 36 heavy (non-hydrogen) atoms. The Morgan fingerprint density at radius 3 is 2.67 bits per heavy atom. The molecule has 10 heteroatoms. The Kier molecular flexibility index (Phi) is 7.30. The molecule has 0 amide bonds. The summed E-state index contributed by atoms with van der Waals surface area (Å²) in [5, 5.41) is 11.3. The summed E-state index contributed by atoms with van der Waals surface area (Å²) in [6, 6.07) is 13.6. The first-order chi connectivity index (χ1) is 17.2. The molecular formula is C26H20ClFN2O6. The second-order valence-electron chi connectivity index (χ2n) is 7.78. The molecule has 0 aliphatic carbocycles. The van der Waals surface area contributed by atoms with Crippen LogP contribution in [0.1, 0.15) is 29.2 Å². The minimum atomic E-state index is -0.679. The highest BCUT2D eigenvalue weighted by molar-refractivity contribution is 6.32. The Labute approximate surface area is 210 Å². The predicted octanol–water partition coefficient (Wildman–Crippen LogP) is 6.02. The number of aliphatic imine (C=N–C) groups is 1. The normalized spacial score (nSPS) is 13.9. The van der Waals surface area contributed by atoms with Gasteiger partial charge in [-0.1, -0.05) is 23.7 Å². The van der Waals surface area contributed by atoms with Crippen LogP contribution in [0.4, 0.5) is 10.1 Å². The number of carbonyl (C=O) groups is 1. The van der Waals surface area contributed by atoms with Crippen molar-refractivity contribution in [3.63, 3.8) is 0 Å². The topological polar surface area (TPSA) is 100 Å². The van der Waals surface area contributed by atoms with Crippen LogP contribution in [0.15, 0.2) is 65.3 Å². The average Bonchev–Trinajstić information content (AvgIpc) is 3.18. The summed E-state index contributed by atoms with van der Waals surface area (Å²) >= 11 is 6.46. The summed E-state index contributed by atoms with van der Waals surface area (Å²) in [4.78, 5) is 27.2. The number of rotatable bonds is 8. The maximum absolute atomic E-state index is 13.5. The molecule has 0 saturated carbocycles. The van der Waals surface area contributed by atoms with Gasteiger partial charge in [-0.15, -0.1) is 0 Å². The Morgan fingerprint density at radius 1 is 1.17 bits per heavy atom. The van der Waals surface area contributed by atoms with E-state index < -0.39 is 10.9 Å². The molecule has 0 bridgehead atoms. The van der Waals surface area contributed by atoms with E-state index in [1.807, 2.05) is 0 Å². The van der Waals surface area contributed by atoms with Crippen LogP contribution in [0, 0.1) is 22.9 Å². The van der Waals surface area contributed by atoms with Gasteiger partial charge in [-0.05, 0) is 67.4 Å². The van der Waals surface area contributed by atoms with Gasteiger partial charge < -0.3 is 14.2 Å². The minimum Gasteiger partial charge on any atom is -0.490 e. The Morgan fingerprint density at radius 2 is 1.97 bits per heavy atom. The van der Waals surface area contributed by atoms with Gasteiger partial charge >= 0.3 is 5.97 Å². The zero-order valence-corrected chi connectivity index (χ0v) is 20.0. The summed E-state index contributed by atoms with van der Waals surface area (Å²) in [6.07, 6.45) is 1.48. The smallest absolute Gasteiger partial charge is 0.363 e. The van der Waals surface area contributed by atoms with Gasteiger partial charge in [-0.25, -0.2) is 14.2 Å². The third kappa shape index (κ3) is 5.52. The first-order valence-electron chi connectivity index (χ1n) is 10.9. The SMILES string of the molecule is CCOc1cc(/C=C2\N=C(c3ccc([N+](=O)[O-])c(C)c3)OC2=O)cc(Cl)c1OCc1cccc(F)c1. The van der Waals surface area contributed by atoms with E-state index in [-0.39, 0.29) is 40.5 Å². The Bertz CT molecular complexity index is 1420. The van der Waals surface area contributed by atoms with Crippen LogP contribution in [0.2, 0.25) is 5.02 Å². The number of aryl methyl sites for hydroxylation is 1. The molecular weight excluding hydrogens is 491 g/mol. The first-order valence-corrected chi connectivity index (χ1v) is 11.2. The van der Waals surface area contributed by atoms with E-state index in [0.29, 0.717) is 34.6 Å². The van der Waals surface area contributed by atoms with Crippen LogP contribution in [0.5, 0.6) is 11.5 Å². The van der Waals surface area contributed by atoms with E-state index in [9.17, 15) is 19.3 Å². The third-order valence-electron chi connectivity index (χ3n) is 5.17. The van der Waals surface area contributed by atoms with Crippen LogP contribution in [-0.2, 0) is 16.1 Å². The monoisotopic (exact) mass is 510 g/mol. The fourth-order valence-corrected chi connectivity index (χ4v) is 3.81. The Hall–Kier alpha value is -4.24. The molecule has 0 N–H and O–H groups in total. The van der Waals surface area contributed by atoms with Crippen molar-refractivity contribution < 1.29 is 28.3 Å². The number of nitro groups is 1. The zero-order valence-electron chi connectivity index (χ0n) is 19.3. The first kappa shape index (κ1) is 24.9. The largest absolute Gasteiger partial charge is 0.490 e. The van der Waals surface area contributed by atoms with Gasteiger partial charge in [-0.3, -0.25) is 10.1 Å². The number of halogens is 2. The molecule has 1 aliphatic rings. The van der Waals surface area contributed by atoms with Crippen molar-refractivity contribution in [1.29, 1.82) is 0 Å². The molecule has 0 atom stereocenters. The van der Waals surface area contributed by atoms with E-state index in [1.165, 1.54) is 36.4 Å². The van der Waals surface area contributed by atoms with Crippen molar-refractivity contribution in [2.75, 3.05) is 6.61 Å². The van der Waals surface area contributed by atoms with Crippen molar-refractivity contribution in [2.24, 2.45) is 4.99 Å². The number of esters is 1. The van der Waals surface area contributed by atoms with E-state index in [0.717, 1.165) is 0 Å². The molecule has 8 nitrogen and oxygen atoms in total. The predicted molar refractivity (Wildman–Crippen MR) is 132 cm³/mol. The summed E-state index contributed by atoms with van der Waals surface area (Å²) in [5.41, 5.74) is 1.96. The number of nitrogens with zero attached hydrogens (tertiary/aromatic N) is 2. The lowest BCUT2D eigenvalue weighted by Crippen LogP contribution is -2.06. The average molecular weight is 511 g/mol. The molecule has 184 valence electrons. The molecule has 0 radical (unpaired) electrons. The van der Waals surface area contributed by atoms with Crippen molar-refractivity contribution in [1.82, 2.24) is 0 Å². The molecule has 0 saturated heterocycles. The van der Waals surface area contributed by atoms with Crippen LogP contribution >= 0.6 is 11.6 Å². The quantitative estimate of drug-likeness (QED) is 0.159. The van der Waals surface area contributed by atoms with E-state index in [4.69, 9.17) is 25.8 Å². The van der Waals surface area contributed by atoms with Gasteiger partial charge in [0.15, 0.2) is 17.2 Å². The maximum atomic E-state index is 13.5. The molecule has 0 unspecified atom stereocenters. The number of carbonyl (C=O) groups excluding carboxylic acids is 1. The molecule has 1 aliphatic heterocycles. The van der Waals surface area contributed by atoms with Gasteiger partial charge in [-0.2, -0.15) is 0 Å². The van der Waals surface area contributed by atoms with Crippen LogP contribution < -0.4 is 9.47 Å². The van der Waals surface area contributed by atoms with Crippen LogP contribution in [0.25, 0.3) is 6.08 Å². The van der Waals surface area contributed by atoms with Gasteiger partial charge in [0.05, 0.1) is 16.6 Å². The molecule has 0 spiro atoms. The van der Waals surface area contributed by atoms with Gasteiger partial charge in [0, 0.05) is 17.2 Å². The molecule has 1 heterocycles. The van der Waals surface area contributed by atoms with Gasteiger partial charge in [0.1, 0.15) is 12.4 Å². The highest BCUT2D eigenvalue weighted by Gasteiger charge is 2.26. The van der Waals surface area contributed by atoms with E-state index in [2.05, 4.69) is 4.99 Å². The number of hydrogen-bond acceptors (Lipinski definition) is 7. The van der Waals surface area contributed by atoms with Crippen LogP contribution in [0.3, 0.4) is 0 Å². The summed E-state index contributed by atoms with van der Waals surface area (Å²) in [5.74, 6) is -0.391. The van der Waals surface area contributed by atoms with Crippen molar-refractivity contribution in [3.05, 3.63) is 104 Å². The number of hydrogen-bond donors (Lipinski definition) is 0. The highest BCUT2D eigenvalue weighted by atomic mass is 35.5. The highest BCUT2D eigenvalue weighted by Crippen LogP contribution is 2.38. The van der Waals surface area contributed by atoms with E-state index in [1.54, 1.807) is 38.1 Å². The number of ether oxygens (including phenoxy) is 3. The van der Waals surface area contributed by atoms with Gasteiger partial charge in [0.2, 0.25) is 5.90 Å². The second kappa shape index (κ2) is 10.6. The zero-order chi connectivity index (χ0) is 25.8.